The van der Waals surface area contributed by atoms with Gasteiger partial charge in [-0.3, -0.25) is 0 Å². The van der Waals surface area contributed by atoms with Gasteiger partial charge in [-0.2, -0.15) is 0 Å². The quantitative estimate of drug-likeness (QED) is 0.760. The standard InChI is InChI=1S/C6H13O2P.Ac/c1-9(2,8)6-4-3-5-7;/h4,6-7H,3,5H2,1-2H3;/b6-4+;. The summed E-state index contributed by atoms with van der Waals surface area (Å²) in [6.07, 6.45) is 2.35. The van der Waals surface area contributed by atoms with E-state index in [4.69, 9.17) is 5.11 Å². The van der Waals surface area contributed by atoms with Crippen LogP contribution in [0.15, 0.2) is 11.9 Å². The van der Waals surface area contributed by atoms with E-state index < -0.39 is 7.14 Å². The van der Waals surface area contributed by atoms with Crippen molar-refractivity contribution in [3.63, 3.8) is 0 Å². The van der Waals surface area contributed by atoms with Crippen LogP contribution in [0.3, 0.4) is 0 Å². The summed E-state index contributed by atoms with van der Waals surface area (Å²) < 4.78 is 10.9. The summed E-state index contributed by atoms with van der Waals surface area (Å²) in [7, 11) is -1.99. The Morgan fingerprint density at radius 2 is 2.00 bits per heavy atom. The molecule has 0 spiro atoms. The van der Waals surface area contributed by atoms with E-state index in [-0.39, 0.29) is 50.7 Å². The van der Waals surface area contributed by atoms with Crippen LogP contribution >= 0.6 is 7.14 Å². The Labute approximate surface area is 98.0 Å². The van der Waals surface area contributed by atoms with Gasteiger partial charge in [-0.1, -0.05) is 6.08 Å². The summed E-state index contributed by atoms with van der Waals surface area (Å²) in [5.74, 6) is 1.67. The van der Waals surface area contributed by atoms with Crippen LogP contribution in [0.4, 0.5) is 0 Å². The molecule has 0 saturated heterocycles. The van der Waals surface area contributed by atoms with Crippen molar-refractivity contribution in [1.29, 1.82) is 0 Å². The second-order valence-corrected chi connectivity index (χ2v) is 5.50. The fraction of sp³-hybridized carbons (Fsp3) is 0.667. The first-order chi connectivity index (χ1) is 4.06. The van der Waals surface area contributed by atoms with Gasteiger partial charge in [0.2, 0.25) is 0 Å². The van der Waals surface area contributed by atoms with Gasteiger partial charge in [0.05, 0.1) is 0 Å². The molecule has 2 nitrogen and oxygen atoms in total. The Hall–Kier alpha value is 1.37. The molecular weight excluding hydrogens is 362 g/mol. The minimum atomic E-state index is -1.99. The molecule has 0 aliphatic carbocycles. The molecule has 10 heavy (non-hydrogen) atoms. The Balaban J connectivity index is 0. The van der Waals surface area contributed by atoms with Crippen molar-refractivity contribution in [3.8, 4) is 0 Å². The van der Waals surface area contributed by atoms with E-state index in [2.05, 4.69) is 0 Å². The molecule has 0 aliphatic heterocycles. The largest absolute Gasteiger partial charge is 0.396 e. The van der Waals surface area contributed by atoms with Gasteiger partial charge in [-0.05, 0) is 25.6 Å². The summed E-state index contributed by atoms with van der Waals surface area (Å²) in [5, 5.41) is 8.32. The van der Waals surface area contributed by atoms with Crippen LogP contribution in [0.25, 0.3) is 0 Å². The van der Waals surface area contributed by atoms with Gasteiger partial charge in [0.1, 0.15) is 7.14 Å². The average Bonchev–Trinajstić information content (AvgIpc) is 1.63. The molecule has 0 atom stereocenters. The molecule has 0 rings (SSSR count). The van der Waals surface area contributed by atoms with Crippen molar-refractivity contribution in [1.82, 2.24) is 0 Å². The first-order valence-corrected chi connectivity index (χ1v) is 5.56. The van der Waals surface area contributed by atoms with E-state index in [1.807, 2.05) is 0 Å². The molecule has 0 aliphatic rings. The summed E-state index contributed by atoms with van der Waals surface area (Å²) in [5.41, 5.74) is 0. The third-order valence-electron chi connectivity index (χ3n) is 0.760. The molecule has 0 fully saturated rings. The minimum Gasteiger partial charge on any atom is -0.396 e. The molecule has 4 heteroatoms. The molecule has 1 N–H and O–H groups in total. The zero-order valence-corrected chi connectivity index (χ0v) is 12.1. The molecule has 0 saturated carbocycles. The van der Waals surface area contributed by atoms with Gasteiger partial charge in [-0.25, -0.2) is 0 Å². The van der Waals surface area contributed by atoms with E-state index in [1.54, 1.807) is 25.2 Å². The number of aliphatic hydroxyl groups is 1. The van der Waals surface area contributed by atoms with Gasteiger partial charge >= 0.3 is 0 Å². The Kier molecular flexibility index (Phi) is 9.81. The fourth-order valence-electron chi connectivity index (χ4n) is 0.403. The first-order valence-electron chi connectivity index (χ1n) is 2.89. The summed E-state index contributed by atoms with van der Waals surface area (Å²) in [6.45, 7) is 3.53. The van der Waals surface area contributed by atoms with Gasteiger partial charge < -0.3 is 9.67 Å². The van der Waals surface area contributed by atoms with Gasteiger partial charge in [-0.15, -0.1) is 0 Å². The number of aliphatic hydroxyl groups excluding tert-OH is 1. The monoisotopic (exact) mass is 375 g/mol. The van der Waals surface area contributed by atoms with Crippen molar-refractivity contribution in [2.75, 3.05) is 19.9 Å². The number of hydrogen-bond donors (Lipinski definition) is 1. The topological polar surface area (TPSA) is 37.3 Å². The van der Waals surface area contributed by atoms with E-state index in [0.717, 1.165) is 0 Å². The van der Waals surface area contributed by atoms with Crippen LogP contribution in [0.1, 0.15) is 6.42 Å². The third kappa shape index (κ3) is 12.1. The predicted octanol–water partition coefficient (Wildman–Crippen LogP) is 1.51. The fourth-order valence-corrected chi connectivity index (χ4v) is 1.06. The van der Waals surface area contributed by atoms with Gasteiger partial charge in [0, 0.05) is 50.7 Å². The first kappa shape index (κ1) is 13.9. The summed E-state index contributed by atoms with van der Waals surface area (Å²) in [6, 6.07) is 0. The van der Waals surface area contributed by atoms with Crippen molar-refractivity contribution >= 4 is 7.14 Å². The van der Waals surface area contributed by atoms with E-state index in [1.165, 1.54) is 0 Å². The van der Waals surface area contributed by atoms with Crippen molar-refractivity contribution in [3.05, 3.63) is 11.9 Å². The second kappa shape index (κ2) is 7.04. The van der Waals surface area contributed by atoms with Gasteiger partial charge in [0.15, 0.2) is 0 Å². The maximum atomic E-state index is 10.9. The molecular formula is C6H13AcO2P. The van der Waals surface area contributed by atoms with E-state index >= 15 is 0 Å². The molecule has 0 aromatic carbocycles. The molecule has 0 bridgehead atoms. The maximum Gasteiger partial charge on any atom is 0.102 e. The molecule has 57 valence electrons. The van der Waals surface area contributed by atoms with Crippen LogP contribution in [0.2, 0.25) is 0 Å². The third-order valence-corrected chi connectivity index (χ3v) is 1.69. The summed E-state index contributed by atoms with van der Waals surface area (Å²) in [4.78, 5) is 0. The smallest absolute Gasteiger partial charge is 0.102 e. The Morgan fingerprint density at radius 3 is 2.30 bits per heavy atom. The maximum absolute atomic E-state index is 10.9. The van der Waals surface area contributed by atoms with Crippen LogP contribution in [-0.4, -0.2) is 25.0 Å². The molecule has 0 amide bonds. The van der Waals surface area contributed by atoms with E-state index in [9.17, 15) is 4.57 Å². The van der Waals surface area contributed by atoms with Crippen LogP contribution in [-0.2, 0) is 4.57 Å². The normalized spacial score (nSPS) is 11.5. The van der Waals surface area contributed by atoms with Crippen LogP contribution in [0.5, 0.6) is 0 Å². The number of rotatable bonds is 3. The van der Waals surface area contributed by atoms with Gasteiger partial charge in [0.25, 0.3) is 0 Å². The molecule has 0 aromatic rings. The van der Waals surface area contributed by atoms with Crippen molar-refractivity contribution in [2.45, 2.75) is 6.42 Å². The van der Waals surface area contributed by atoms with E-state index in [0.29, 0.717) is 6.42 Å². The number of hydrogen-bond acceptors (Lipinski definition) is 2. The Bertz CT molecular complexity index is 139. The van der Waals surface area contributed by atoms with Crippen LogP contribution < -0.4 is 0 Å². The van der Waals surface area contributed by atoms with Crippen molar-refractivity contribution in [2.24, 2.45) is 0 Å². The average molecular weight is 375 g/mol. The molecule has 0 aromatic heterocycles. The SMILES string of the molecule is CP(C)(=O)/C=C/CCO.[Ac]. The minimum absolute atomic E-state index is 0. The van der Waals surface area contributed by atoms with Crippen molar-refractivity contribution < 1.29 is 53.7 Å². The van der Waals surface area contributed by atoms with Crippen LogP contribution in [0, 0.1) is 44.1 Å². The summed E-state index contributed by atoms with van der Waals surface area (Å²) >= 11 is 0. The molecule has 1 radical (unpaired) electrons. The Morgan fingerprint density at radius 1 is 1.50 bits per heavy atom. The predicted molar refractivity (Wildman–Crippen MR) is 40.3 cm³/mol. The molecule has 0 unspecified atom stereocenters. The zero-order valence-electron chi connectivity index (χ0n) is 6.45. The molecule has 0 heterocycles. The zero-order chi connectivity index (χ0) is 7.33. The second-order valence-electron chi connectivity index (χ2n) is 2.33.